The first-order valence-electron chi connectivity index (χ1n) is 7.13. The van der Waals surface area contributed by atoms with Crippen LogP contribution >= 0.6 is 0 Å². The summed E-state index contributed by atoms with van der Waals surface area (Å²) in [5, 5.41) is 8.59. The fraction of sp³-hybridized carbons (Fsp3) is 0.133. The number of nitrogens with one attached hydrogen (secondary N) is 2. The summed E-state index contributed by atoms with van der Waals surface area (Å²) in [5.41, 5.74) is -0.0671. The first kappa shape index (κ1) is 16.4. The molecule has 0 bridgehead atoms. The summed E-state index contributed by atoms with van der Waals surface area (Å²) >= 11 is 0. The molecule has 0 atom stereocenters. The molecule has 0 spiro atoms. The number of hydrogen-bond acceptors (Lipinski definition) is 7. The number of carbonyl (C=O) groups excluding carboxylic acids is 1. The average molecular weight is 346 g/mol. The van der Waals surface area contributed by atoms with E-state index in [1.165, 1.54) is 18.6 Å². The van der Waals surface area contributed by atoms with Crippen molar-refractivity contribution in [2.45, 2.75) is 13.5 Å². The van der Waals surface area contributed by atoms with Crippen LogP contribution in [-0.2, 0) is 11.3 Å². The number of halogens is 2. The zero-order valence-corrected chi connectivity index (χ0v) is 13.0. The van der Waals surface area contributed by atoms with Gasteiger partial charge in [-0.25, -0.2) is 18.7 Å². The maximum atomic E-state index is 14.3. The van der Waals surface area contributed by atoms with Crippen LogP contribution in [0.5, 0.6) is 0 Å². The van der Waals surface area contributed by atoms with Gasteiger partial charge in [0.05, 0.1) is 12.2 Å². The number of rotatable bonds is 5. The molecule has 25 heavy (non-hydrogen) atoms. The molecule has 0 radical (unpaired) electrons. The van der Waals surface area contributed by atoms with E-state index in [9.17, 15) is 13.6 Å². The number of carbonyl (C=O) groups is 1. The number of hydrogen-bond donors (Lipinski definition) is 2. The zero-order chi connectivity index (χ0) is 17.8. The molecular formula is C15H12F2N6O2. The van der Waals surface area contributed by atoms with Crippen LogP contribution in [0.2, 0.25) is 0 Å². The van der Waals surface area contributed by atoms with E-state index in [1.54, 1.807) is 6.07 Å². The second kappa shape index (κ2) is 6.99. The Labute approximate surface area is 140 Å². The molecule has 0 fully saturated rings. The Hall–Kier alpha value is -3.43. The molecule has 8 nitrogen and oxygen atoms in total. The highest BCUT2D eigenvalue weighted by atomic mass is 19.1. The lowest BCUT2D eigenvalue weighted by Crippen LogP contribution is -2.11. The SMILES string of the molecule is CC(=O)Nc1c(F)ccc(NCc2nc(-c3ccncn3)no2)c1F. The summed E-state index contributed by atoms with van der Waals surface area (Å²) in [6.45, 7) is 1.16. The lowest BCUT2D eigenvalue weighted by molar-refractivity contribution is -0.114. The van der Waals surface area contributed by atoms with Gasteiger partial charge in [0.25, 0.3) is 0 Å². The Morgan fingerprint density at radius 3 is 2.84 bits per heavy atom. The summed E-state index contributed by atoms with van der Waals surface area (Å²) in [5.74, 6) is -1.94. The van der Waals surface area contributed by atoms with Crippen molar-refractivity contribution in [2.24, 2.45) is 0 Å². The van der Waals surface area contributed by atoms with Gasteiger partial charge in [0.2, 0.25) is 17.6 Å². The standard InChI is InChI=1S/C15H12F2N6O2/c1-8(24)21-14-9(16)2-3-10(13(14)17)19-6-12-22-15(23-25-12)11-4-5-18-7-20-11/h2-5,7,19H,6H2,1H3,(H,21,24). The van der Waals surface area contributed by atoms with E-state index < -0.39 is 23.2 Å². The van der Waals surface area contributed by atoms with Gasteiger partial charge in [-0.2, -0.15) is 4.98 Å². The monoisotopic (exact) mass is 346 g/mol. The second-order valence-electron chi connectivity index (χ2n) is 4.93. The predicted molar refractivity (Wildman–Crippen MR) is 83.3 cm³/mol. The fourth-order valence-electron chi connectivity index (χ4n) is 2.00. The van der Waals surface area contributed by atoms with Crippen molar-refractivity contribution in [1.29, 1.82) is 0 Å². The van der Waals surface area contributed by atoms with E-state index in [-0.39, 0.29) is 23.9 Å². The minimum absolute atomic E-state index is 0.000146. The van der Waals surface area contributed by atoms with Crippen molar-refractivity contribution in [3.63, 3.8) is 0 Å². The fourth-order valence-corrected chi connectivity index (χ4v) is 2.00. The Balaban J connectivity index is 1.74. The summed E-state index contributed by atoms with van der Waals surface area (Å²) in [6, 6.07) is 3.86. The number of benzene rings is 1. The summed E-state index contributed by atoms with van der Waals surface area (Å²) in [6.07, 6.45) is 2.88. The largest absolute Gasteiger partial charge is 0.374 e. The highest BCUT2D eigenvalue weighted by Crippen LogP contribution is 2.26. The van der Waals surface area contributed by atoms with Crippen molar-refractivity contribution < 1.29 is 18.1 Å². The predicted octanol–water partition coefficient (Wildman–Crippen LogP) is 2.38. The minimum atomic E-state index is -0.925. The lowest BCUT2D eigenvalue weighted by Gasteiger charge is -2.10. The molecule has 0 saturated heterocycles. The second-order valence-corrected chi connectivity index (χ2v) is 4.93. The van der Waals surface area contributed by atoms with Gasteiger partial charge in [-0.3, -0.25) is 4.79 Å². The molecule has 1 aromatic carbocycles. The quantitative estimate of drug-likeness (QED) is 0.730. The van der Waals surface area contributed by atoms with E-state index in [0.717, 1.165) is 13.0 Å². The maximum Gasteiger partial charge on any atom is 0.246 e. The van der Waals surface area contributed by atoms with Crippen LogP contribution in [0.25, 0.3) is 11.5 Å². The highest BCUT2D eigenvalue weighted by molar-refractivity contribution is 5.89. The van der Waals surface area contributed by atoms with Gasteiger partial charge in [0, 0.05) is 13.1 Å². The first-order chi connectivity index (χ1) is 12.0. The van der Waals surface area contributed by atoms with Crippen LogP contribution in [0, 0.1) is 11.6 Å². The number of aromatic nitrogens is 4. The van der Waals surface area contributed by atoms with Crippen LogP contribution in [0.1, 0.15) is 12.8 Å². The Morgan fingerprint density at radius 1 is 1.28 bits per heavy atom. The van der Waals surface area contributed by atoms with Crippen LogP contribution in [0.3, 0.4) is 0 Å². The maximum absolute atomic E-state index is 14.3. The summed E-state index contributed by atoms with van der Waals surface area (Å²) in [4.78, 5) is 22.9. The molecule has 0 unspecified atom stereocenters. The van der Waals surface area contributed by atoms with Crippen molar-refractivity contribution in [3.8, 4) is 11.5 Å². The van der Waals surface area contributed by atoms with E-state index in [0.29, 0.717) is 5.69 Å². The lowest BCUT2D eigenvalue weighted by atomic mass is 10.2. The van der Waals surface area contributed by atoms with Crippen LogP contribution in [-0.4, -0.2) is 26.0 Å². The van der Waals surface area contributed by atoms with Gasteiger partial charge in [0.1, 0.15) is 23.5 Å². The van der Waals surface area contributed by atoms with Gasteiger partial charge < -0.3 is 15.2 Å². The summed E-state index contributed by atoms with van der Waals surface area (Å²) < 4.78 is 32.9. The molecule has 0 aliphatic rings. The van der Waals surface area contributed by atoms with Gasteiger partial charge >= 0.3 is 0 Å². The molecular weight excluding hydrogens is 334 g/mol. The molecule has 3 rings (SSSR count). The number of amides is 1. The highest BCUT2D eigenvalue weighted by Gasteiger charge is 2.16. The van der Waals surface area contributed by atoms with Gasteiger partial charge in [-0.1, -0.05) is 5.16 Å². The zero-order valence-electron chi connectivity index (χ0n) is 13.0. The molecule has 0 saturated carbocycles. The molecule has 10 heteroatoms. The molecule has 2 heterocycles. The Morgan fingerprint density at radius 2 is 2.12 bits per heavy atom. The topological polar surface area (TPSA) is 106 Å². The van der Waals surface area contributed by atoms with E-state index >= 15 is 0 Å². The Bertz CT molecular complexity index is 900. The van der Waals surface area contributed by atoms with Crippen molar-refractivity contribution in [1.82, 2.24) is 20.1 Å². The van der Waals surface area contributed by atoms with Gasteiger partial charge in [0.15, 0.2) is 5.82 Å². The molecule has 1 amide bonds. The minimum Gasteiger partial charge on any atom is -0.374 e. The van der Waals surface area contributed by atoms with Crippen LogP contribution in [0.4, 0.5) is 20.2 Å². The van der Waals surface area contributed by atoms with Crippen molar-refractivity contribution >= 4 is 17.3 Å². The van der Waals surface area contributed by atoms with Gasteiger partial charge in [-0.15, -0.1) is 0 Å². The molecule has 0 aliphatic heterocycles. The first-order valence-corrected chi connectivity index (χ1v) is 7.13. The van der Waals surface area contributed by atoms with Crippen LogP contribution < -0.4 is 10.6 Å². The van der Waals surface area contributed by atoms with Gasteiger partial charge in [-0.05, 0) is 18.2 Å². The Kier molecular flexibility index (Phi) is 4.59. The molecule has 2 N–H and O–H groups in total. The average Bonchev–Trinajstić information content (AvgIpc) is 3.07. The summed E-state index contributed by atoms with van der Waals surface area (Å²) in [7, 11) is 0. The molecule has 128 valence electrons. The van der Waals surface area contributed by atoms with Crippen LogP contribution in [0.15, 0.2) is 35.2 Å². The molecule has 0 aliphatic carbocycles. The number of anilines is 2. The van der Waals surface area contributed by atoms with E-state index in [1.807, 2.05) is 0 Å². The third-order valence-corrected chi connectivity index (χ3v) is 3.10. The van der Waals surface area contributed by atoms with Crippen molar-refractivity contribution in [3.05, 3.63) is 48.2 Å². The molecule has 3 aromatic rings. The normalized spacial score (nSPS) is 10.5. The number of nitrogens with zero attached hydrogens (tertiary/aromatic N) is 4. The molecule has 2 aromatic heterocycles. The third kappa shape index (κ3) is 3.74. The van der Waals surface area contributed by atoms with Crippen molar-refractivity contribution in [2.75, 3.05) is 10.6 Å². The van der Waals surface area contributed by atoms with E-state index in [4.69, 9.17) is 4.52 Å². The third-order valence-electron chi connectivity index (χ3n) is 3.10. The van der Waals surface area contributed by atoms with E-state index in [2.05, 4.69) is 30.7 Å². The smallest absolute Gasteiger partial charge is 0.246 e.